The number of non-ortho nitro benzene ring substituents is 1. The molecule has 0 unspecified atom stereocenters. The van der Waals surface area contributed by atoms with Crippen molar-refractivity contribution >= 4 is 5.69 Å². The zero-order valence-electron chi connectivity index (χ0n) is 14.3. The predicted molar refractivity (Wildman–Crippen MR) is 96.8 cm³/mol. The van der Waals surface area contributed by atoms with Gasteiger partial charge in [-0.2, -0.15) is 0 Å². The molecule has 0 amide bonds. The van der Waals surface area contributed by atoms with Gasteiger partial charge in [-0.1, -0.05) is 12.1 Å². The van der Waals surface area contributed by atoms with Crippen LogP contribution in [0.15, 0.2) is 47.8 Å². The highest BCUT2D eigenvalue weighted by Gasteiger charge is 2.22. The van der Waals surface area contributed by atoms with Crippen molar-refractivity contribution in [3.05, 3.63) is 80.3 Å². The first-order chi connectivity index (χ1) is 13.1. The van der Waals surface area contributed by atoms with Crippen LogP contribution in [0.25, 0.3) is 11.4 Å². The normalized spacial score (nSPS) is 13.9. The lowest BCUT2D eigenvalue weighted by Crippen LogP contribution is -2.35. The second-order valence-corrected chi connectivity index (χ2v) is 6.35. The lowest BCUT2D eigenvalue weighted by molar-refractivity contribution is -0.384. The molecule has 1 N–H and O–H groups in total. The molecule has 0 saturated carbocycles. The summed E-state index contributed by atoms with van der Waals surface area (Å²) in [6.45, 7) is 1.71. The topological polar surface area (TPSA) is 118 Å². The summed E-state index contributed by atoms with van der Waals surface area (Å²) >= 11 is 0. The monoisotopic (exact) mass is 364 g/mol. The minimum Gasteiger partial charge on any atom is -0.306 e. The summed E-state index contributed by atoms with van der Waals surface area (Å²) in [5, 5.41) is 10.9. The van der Waals surface area contributed by atoms with E-state index in [1.54, 1.807) is 24.5 Å². The molecule has 4 rings (SSSR count). The van der Waals surface area contributed by atoms with Crippen LogP contribution in [0, 0.1) is 10.1 Å². The standard InChI is InChI=1S/C18H16N6O3/c25-18-15-10-23(9-12-2-1-3-14(6-12)24(26)27)5-4-16(15)21-17(22-18)13-7-19-11-20-8-13/h1-3,6-8,11H,4-5,9-10H2,(H,21,22,25). The largest absolute Gasteiger partial charge is 0.306 e. The molecule has 0 saturated heterocycles. The van der Waals surface area contributed by atoms with E-state index < -0.39 is 4.92 Å². The Morgan fingerprint density at radius 3 is 2.85 bits per heavy atom. The third-order valence-corrected chi connectivity index (χ3v) is 4.51. The zero-order chi connectivity index (χ0) is 18.8. The molecule has 3 heterocycles. The number of nitro benzene ring substituents is 1. The fraction of sp³-hybridized carbons (Fsp3) is 0.222. The first-order valence-corrected chi connectivity index (χ1v) is 8.43. The number of rotatable bonds is 4. The van der Waals surface area contributed by atoms with Gasteiger partial charge in [0.15, 0.2) is 0 Å². The number of nitrogens with one attached hydrogen (secondary N) is 1. The lowest BCUT2D eigenvalue weighted by atomic mass is 10.1. The van der Waals surface area contributed by atoms with Gasteiger partial charge < -0.3 is 4.98 Å². The quantitative estimate of drug-likeness (QED) is 0.553. The summed E-state index contributed by atoms with van der Waals surface area (Å²) < 4.78 is 0. The summed E-state index contributed by atoms with van der Waals surface area (Å²) in [6, 6.07) is 6.56. The van der Waals surface area contributed by atoms with Crippen molar-refractivity contribution in [2.45, 2.75) is 19.5 Å². The zero-order valence-corrected chi connectivity index (χ0v) is 14.3. The Morgan fingerprint density at radius 2 is 2.07 bits per heavy atom. The van der Waals surface area contributed by atoms with Crippen molar-refractivity contribution in [3.63, 3.8) is 0 Å². The molecule has 0 atom stereocenters. The van der Waals surface area contributed by atoms with E-state index in [4.69, 9.17) is 0 Å². The molecule has 1 aliphatic heterocycles. The van der Waals surface area contributed by atoms with Crippen LogP contribution < -0.4 is 5.56 Å². The fourth-order valence-corrected chi connectivity index (χ4v) is 3.20. The van der Waals surface area contributed by atoms with Crippen LogP contribution >= 0.6 is 0 Å². The van der Waals surface area contributed by atoms with E-state index in [0.29, 0.717) is 36.5 Å². The van der Waals surface area contributed by atoms with Crippen LogP contribution in [0.4, 0.5) is 5.69 Å². The second kappa shape index (κ2) is 7.04. The van der Waals surface area contributed by atoms with E-state index in [2.05, 4.69) is 24.8 Å². The Morgan fingerprint density at radius 1 is 1.26 bits per heavy atom. The molecular weight excluding hydrogens is 348 g/mol. The van der Waals surface area contributed by atoms with E-state index in [-0.39, 0.29) is 11.2 Å². The van der Waals surface area contributed by atoms with Crippen molar-refractivity contribution in [3.8, 4) is 11.4 Å². The average molecular weight is 364 g/mol. The van der Waals surface area contributed by atoms with E-state index in [9.17, 15) is 14.9 Å². The van der Waals surface area contributed by atoms with Crippen molar-refractivity contribution in [1.29, 1.82) is 0 Å². The summed E-state index contributed by atoms with van der Waals surface area (Å²) in [4.78, 5) is 40.4. The van der Waals surface area contributed by atoms with Crippen LogP contribution in [0.2, 0.25) is 0 Å². The van der Waals surface area contributed by atoms with Crippen LogP contribution in [0.3, 0.4) is 0 Å². The van der Waals surface area contributed by atoms with Gasteiger partial charge in [0.25, 0.3) is 11.2 Å². The van der Waals surface area contributed by atoms with Crippen molar-refractivity contribution in [2.24, 2.45) is 0 Å². The van der Waals surface area contributed by atoms with Crippen molar-refractivity contribution < 1.29 is 4.92 Å². The molecule has 0 radical (unpaired) electrons. The van der Waals surface area contributed by atoms with Crippen molar-refractivity contribution in [1.82, 2.24) is 24.8 Å². The van der Waals surface area contributed by atoms with Gasteiger partial charge in [0.05, 0.1) is 21.7 Å². The van der Waals surface area contributed by atoms with Gasteiger partial charge in [0.1, 0.15) is 12.2 Å². The number of H-pyrrole nitrogens is 1. The Bertz CT molecular complexity index is 1050. The van der Waals surface area contributed by atoms with E-state index >= 15 is 0 Å². The third-order valence-electron chi connectivity index (χ3n) is 4.51. The highest BCUT2D eigenvalue weighted by Crippen LogP contribution is 2.20. The van der Waals surface area contributed by atoms with E-state index in [1.807, 2.05) is 6.07 Å². The molecule has 136 valence electrons. The van der Waals surface area contributed by atoms with Gasteiger partial charge in [0, 0.05) is 50.6 Å². The number of aromatic amines is 1. The molecular formula is C18H16N6O3. The first kappa shape index (κ1) is 17.0. The maximum absolute atomic E-state index is 12.5. The van der Waals surface area contributed by atoms with Gasteiger partial charge in [-0.15, -0.1) is 0 Å². The average Bonchev–Trinajstić information content (AvgIpc) is 2.69. The Kier molecular flexibility index (Phi) is 4.43. The first-order valence-electron chi connectivity index (χ1n) is 8.43. The number of hydrogen-bond acceptors (Lipinski definition) is 7. The SMILES string of the molecule is O=c1[nH]c(-c2cncnc2)nc2c1CN(Cc1cccc([N+](=O)[O-])c1)CC2. The molecule has 1 aromatic carbocycles. The lowest BCUT2D eigenvalue weighted by Gasteiger charge is -2.27. The number of fused-ring (bicyclic) bond motifs is 1. The highest BCUT2D eigenvalue weighted by atomic mass is 16.6. The van der Waals surface area contributed by atoms with Crippen molar-refractivity contribution in [2.75, 3.05) is 6.54 Å². The minimum atomic E-state index is -0.404. The minimum absolute atomic E-state index is 0.0687. The summed E-state index contributed by atoms with van der Waals surface area (Å²) in [7, 11) is 0. The highest BCUT2D eigenvalue weighted by molar-refractivity contribution is 5.52. The van der Waals surface area contributed by atoms with Gasteiger partial charge >= 0.3 is 0 Å². The molecule has 0 bridgehead atoms. The second-order valence-electron chi connectivity index (χ2n) is 6.35. The number of nitro groups is 1. The molecule has 9 heteroatoms. The molecule has 9 nitrogen and oxygen atoms in total. The van der Waals surface area contributed by atoms with Gasteiger partial charge in [-0.3, -0.25) is 19.8 Å². The molecule has 3 aromatic rings. The van der Waals surface area contributed by atoms with Crippen LogP contribution in [0.5, 0.6) is 0 Å². The number of aromatic nitrogens is 4. The van der Waals surface area contributed by atoms with E-state index in [1.165, 1.54) is 12.4 Å². The number of nitrogens with zero attached hydrogens (tertiary/aromatic N) is 5. The molecule has 2 aromatic heterocycles. The molecule has 27 heavy (non-hydrogen) atoms. The molecule has 0 spiro atoms. The van der Waals surface area contributed by atoms with Gasteiger partial charge in [-0.25, -0.2) is 15.0 Å². The number of benzene rings is 1. The fourth-order valence-electron chi connectivity index (χ4n) is 3.20. The molecule has 0 fully saturated rings. The van der Waals surface area contributed by atoms with E-state index in [0.717, 1.165) is 17.8 Å². The maximum atomic E-state index is 12.5. The number of hydrogen-bond donors (Lipinski definition) is 1. The van der Waals surface area contributed by atoms with Crippen LogP contribution in [-0.4, -0.2) is 36.3 Å². The van der Waals surface area contributed by atoms with Gasteiger partial charge in [-0.05, 0) is 5.56 Å². The Labute approximate surface area is 153 Å². The summed E-state index contributed by atoms with van der Waals surface area (Å²) in [5.74, 6) is 0.464. The predicted octanol–water partition coefficient (Wildman–Crippen LogP) is 1.69. The van der Waals surface area contributed by atoms with Gasteiger partial charge in [0.2, 0.25) is 0 Å². The van der Waals surface area contributed by atoms with Crippen LogP contribution in [0.1, 0.15) is 16.8 Å². The maximum Gasteiger partial charge on any atom is 0.269 e. The smallest absolute Gasteiger partial charge is 0.269 e. The summed E-state index contributed by atoms with van der Waals surface area (Å²) in [6.07, 6.45) is 5.27. The molecule has 1 aliphatic rings. The Hall–Kier alpha value is -3.46. The summed E-state index contributed by atoms with van der Waals surface area (Å²) in [5.41, 5.74) is 2.80. The third kappa shape index (κ3) is 3.58. The molecule has 0 aliphatic carbocycles. The van der Waals surface area contributed by atoms with Crippen LogP contribution in [-0.2, 0) is 19.5 Å². The Balaban J connectivity index is 1.56.